The second-order valence-electron chi connectivity index (χ2n) is 13.5. The normalized spacial score (nSPS) is 17.0. The molecule has 2 aromatic heterocycles. The molecule has 274 valence electrons. The van der Waals surface area contributed by atoms with Crippen molar-refractivity contribution in [3.63, 3.8) is 0 Å². The first-order valence-electron chi connectivity index (χ1n) is 17.6. The lowest BCUT2D eigenvalue weighted by atomic mass is 9.89. The average molecular weight is 721 g/mol. The Morgan fingerprint density at radius 1 is 0.731 bits per heavy atom. The summed E-state index contributed by atoms with van der Waals surface area (Å²) in [5.74, 6) is -3.76. The molecular formula is C40H40F4N2O6. The Labute approximate surface area is 299 Å². The Balaban J connectivity index is 1.13. The number of aromatic nitrogens is 2. The zero-order valence-electron chi connectivity index (χ0n) is 29.4. The van der Waals surface area contributed by atoms with Crippen molar-refractivity contribution in [2.75, 3.05) is 13.2 Å². The largest absolute Gasteiger partial charge is 0.474 e. The number of esters is 2. The van der Waals surface area contributed by atoms with Crippen molar-refractivity contribution in [1.29, 1.82) is 0 Å². The molecule has 8 nitrogen and oxygen atoms in total. The van der Waals surface area contributed by atoms with Crippen molar-refractivity contribution in [3.8, 4) is 34.0 Å². The van der Waals surface area contributed by atoms with Gasteiger partial charge in [0.05, 0.1) is 13.2 Å². The minimum Gasteiger partial charge on any atom is -0.474 e. The van der Waals surface area contributed by atoms with E-state index in [9.17, 15) is 27.2 Å². The van der Waals surface area contributed by atoms with Gasteiger partial charge < -0.3 is 18.9 Å². The first-order chi connectivity index (χ1) is 24.9. The van der Waals surface area contributed by atoms with Gasteiger partial charge in [-0.15, -0.1) is 0 Å². The van der Waals surface area contributed by atoms with E-state index < -0.39 is 35.2 Å². The van der Waals surface area contributed by atoms with Crippen LogP contribution in [0.25, 0.3) is 22.3 Å². The number of benzene rings is 2. The van der Waals surface area contributed by atoms with Gasteiger partial charge in [0.15, 0.2) is 11.4 Å². The molecule has 12 heteroatoms. The van der Waals surface area contributed by atoms with Gasteiger partial charge in [-0.05, 0) is 105 Å². The summed E-state index contributed by atoms with van der Waals surface area (Å²) in [6.45, 7) is 7.89. The minimum absolute atomic E-state index is 0.0257. The van der Waals surface area contributed by atoms with Gasteiger partial charge >= 0.3 is 11.9 Å². The molecule has 0 bridgehead atoms. The van der Waals surface area contributed by atoms with E-state index in [2.05, 4.69) is 9.97 Å². The third kappa shape index (κ3) is 7.90. The van der Waals surface area contributed by atoms with Crippen LogP contribution in [0.15, 0.2) is 48.5 Å². The van der Waals surface area contributed by atoms with E-state index in [4.69, 9.17) is 18.9 Å². The monoisotopic (exact) mass is 720 g/mol. The summed E-state index contributed by atoms with van der Waals surface area (Å²) in [5.41, 5.74) is 2.22. The van der Waals surface area contributed by atoms with Gasteiger partial charge in [0.25, 0.3) is 0 Å². The molecule has 0 spiro atoms. The highest BCUT2D eigenvalue weighted by Crippen LogP contribution is 2.40. The van der Waals surface area contributed by atoms with E-state index in [-0.39, 0.29) is 71.5 Å². The van der Waals surface area contributed by atoms with Crippen molar-refractivity contribution in [2.45, 2.75) is 78.4 Å². The Kier molecular flexibility index (Phi) is 11.1. The number of pyridine rings is 2. The molecule has 0 radical (unpaired) electrons. The van der Waals surface area contributed by atoms with Gasteiger partial charge in [-0.25, -0.2) is 37.1 Å². The summed E-state index contributed by atoms with van der Waals surface area (Å²) in [4.78, 5) is 34.8. The highest BCUT2D eigenvalue weighted by atomic mass is 19.1. The van der Waals surface area contributed by atoms with Gasteiger partial charge in [0.1, 0.15) is 35.5 Å². The first-order valence-corrected chi connectivity index (χ1v) is 17.6. The molecule has 0 aliphatic carbocycles. The number of ether oxygens (including phenoxy) is 4. The van der Waals surface area contributed by atoms with Gasteiger partial charge in [0, 0.05) is 34.4 Å². The first kappa shape index (κ1) is 36.8. The predicted molar refractivity (Wildman–Crippen MR) is 184 cm³/mol. The van der Waals surface area contributed by atoms with E-state index in [1.54, 1.807) is 6.92 Å². The Morgan fingerprint density at radius 2 is 1.23 bits per heavy atom. The summed E-state index contributed by atoms with van der Waals surface area (Å²) in [7, 11) is 0. The lowest BCUT2D eigenvalue weighted by Gasteiger charge is -2.31. The maximum absolute atomic E-state index is 14.9. The standard InChI is InChI=1S/C40H40F4N2O6/c1-5-49-39(47)33-19-29(25-10-8-23(41)17-31(25)43)28-13-15-36(52-38(28)45-33)22(4)7-6-16-50-40(48)34-20-30(26-11-9-24(42)18-32(26)44)27-12-14-35(21(2)3)51-37(27)46-34/h8-11,17-22,35-36H,5-7,12-16H2,1-4H3/t22?,35-,36+/m0/s1. The maximum Gasteiger partial charge on any atom is 0.357 e. The lowest BCUT2D eigenvalue weighted by Crippen LogP contribution is -2.31. The topological polar surface area (TPSA) is 96.8 Å². The summed E-state index contributed by atoms with van der Waals surface area (Å²) in [6.07, 6.45) is 2.95. The number of hydrogen-bond acceptors (Lipinski definition) is 8. The number of carbonyl (C=O) groups is 2. The van der Waals surface area contributed by atoms with E-state index in [0.717, 1.165) is 18.2 Å². The molecule has 6 rings (SSSR count). The average Bonchev–Trinajstić information content (AvgIpc) is 3.12. The SMILES string of the molecule is CCOC(=O)c1cc(-c2ccc(F)cc2F)c2c(n1)O[C@@H](C(C)CCCOC(=O)c1cc(-c3ccc(F)cc3F)c3c(n1)O[C@H](C(C)C)CC3)CC2. The second-order valence-corrected chi connectivity index (χ2v) is 13.5. The predicted octanol–water partition coefficient (Wildman–Crippen LogP) is 8.86. The highest BCUT2D eigenvalue weighted by molar-refractivity contribution is 5.91. The molecule has 0 amide bonds. The molecule has 2 aliphatic heterocycles. The molecule has 3 atom stereocenters. The van der Waals surface area contributed by atoms with Gasteiger partial charge in [0.2, 0.25) is 11.8 Å². The van der Waals surface area contributed by atoms with Crippen molar-refractivity contribution >= 4 is 11.9 Å². The summed E-state index contributed by atoms with van der Waals surface area (Å²) < 4.78 is 80.4. The Morgan fingerprint density at radius 3 is 1.73 bits per heavy atom. The number of hydrogen-bond donors (Lipinski definition) is 0. The fourth-order valence-corrected chi connectivity index (χ4v) is 6.76. The lowest BCUT2D eigenvalue weighted by molar-refractivity contribution is 0.0461. The minimum atomic E-state index is -0.773. The number of rotatable bonds is 11. The van der Waals surface area contributed by atoms with Crippen LogP contribution in [0.4, 0.5) is 17.6 Å². The molecule has 0 saturated heterocycles. The fourth-order valence-electron chi connectivity index (χ4n) is 6.76. The van der Waals surface area contributed by atoms with Crippen LogP contribution in [0, 0.1) is 35.1 Å². The third-order valence-corrected chi connectivity index (χ3v) is 9.61. The van der Waals surface area contributed by atoms with Gasteiger partial charge in [-0.3, -0.25) is 0 Å². The van der Waals surface area contributed by atoms with E-state index in [1.165, 1.54) is 30.3 Å². The van der Waals surface area contributed by atoms with Crippen molar-refractivity contribution < 1.29 is 46.1 Å². The molecule has 4 aromatic rings. The van der Waals surface area contributed by atoms with Crippen LogP contribution in [0.5, 0.6) is 11.8 Å². The van der Waals surface area contributed by atoms with Crippen LogP contribution in [0.2, 0.25) is 0 Å². The quantitative estimate of drug-likeness (QED) is 0.0862. The Bertz CT molecular complexity index is 1990. The van der Waals surface area contributed by atoms with Crippen molar-refractivity contribution in [3.05, 3.63) is 94.3 Å². The molecule has 2 aromatic carbocycles. The zero-order chi connectivity index (χ0) is 37.1. The number of fused-ring (bicyclic) bond motifs is 2. The zero-order valence-corrected chi connectivity index (χ0v) is 29.4. The van der Waals surface area contributed by atoms with Gasteiger partial charge in [-0.1, -0.05) is 20.8 Å². The molecule has 0 N–H and O–H groups in total. The summed E-state index contributed by atoms with van der Waals surface area (Å²) in [5, 5.41) is 0. The van der Waals surface area contributed by atoms with Crippen LogP contribution in [0.1, 0.15) is 85.5 Å². The molecule has 0 fully saturated rings. The van der Waals surface area contributed by atoms with Gasteiger partial charge in [-0.2, -0.15) is 0 Å². The number of halogens is 4. The second kappa shape index (κ2) is 15.7. The summed E-state index contributed by atoms with van der Waals surface area (Å²) in [6, 6.07) is 9.48. The van der Waals surface area contributed by atoms with Crippen LogP contribution in [-0.2, 0) is 22.3 Å². The van der Waals surface area contributed by atoms with Crippen molar-refractivity contribution in [1.82, 2.24) is 9.97 Å². The van der Waals surface area contributed by atoms with E-state index >= 15 is 0 Å². The third-order valence-electron chi connectivity index (χ3n) is 9.61. The smallest absolute Gasteiger partial charge is 0.357 e. The molecular weight excluding hydrogens is 680 g/mol. The highest BCUT2D eigenvalue weighted by Gasteiger charge is 2.31. The van der Waals surface area contributed by atoms with E-state index in [1.807, 2.05) is 20.8 Å². The van der Waals surface area contributed by atoms with Crippen LogP contribution in [0.3, 0.4) is 0 Å². The molecule has 1 unspecified atom stereocenters. The molecule has 2 aliphatic rings. The van der Waals surface area contributed by atoms with Crippen LogP contribution in [-0.4, -0.2) is 47.3 Å². The fraction of sp³-hybridized carbons (Fsp3) is 0.400. The van der Waals surface area contributed by atoms with Crippen LogP contribution < -0.4 is 9.47 Å². The number of carbonyl (C=O) groups excluding carboxylic acids is 2. The molecule has 4 heterocycles. The molecule has 52 heavy (non-hydrogen) atoms. The number of nitrogens with zero attached hydrogens (tertiary/aromatic N) is 2. The van der Waals surface area contributed by atoms with Crippen LogP contribution >= 0.6 is 0 Å². The maximum atomic E-state index is 14.9. The van der Waals surface area contributed by atoms with E-state index in [0.29, 0.717) is 60.8 Å². The molecule has 0 saturated carbocycles. The Hall–Kier alpha value is -5.00. The summed E-state index contributed by atoms with van der Waals surface area (Å²) >= 11 is 0. The van der Waals surface area contributed by atoms with Crippen molar-refractivity contribution in [2.24, 2.45) is 11.8 Å².